The van der Waals surface area contributed by atoms with Crippen molar-refractivity contribution in [1.29, 1.82) is 0 Å². The first-order valence-electron chi connectivity index (χ1n) is 7.61. The fraction of sp³-hybridized carbons (Fsp3) is 0.167. The molecule has 2 heterocycles. The maximum Gasteiger partial charge on any atom is 0.227 e. The summed E-state index contributed by atoms with van der Waals surface area (Å²) in [5.41, 5.74) is 1.57. The third-order valence-electron chi connectivity index (χ3n) is 3.71. The normalized spacial score (nSPS) is 10.7. The fourth-order valence-corrected chi connectivity index (χ4v) is 2.50. The van der Waals surface area contributed by atoms with E-state index in [2.05, 4.69) is 9.97 Å². The second-order valence-corrected chi connectivity index (χ2v) is 6.24. The lowest BCUT2D eigenvalue weighted by Crippen LogP contribution is -2.26. The van der Waals surface area contributed by atoms with E-state index in [1.807, 2.05) is 12.1 Å². The number of amides is 1. The lowest BCUT2D eigenvalue weighted by Gasteiger charge is -2.16. The molecule has 0 fully saturated rings. The molecule has 0 radical (unpaired) electrons. The molecule has 3 aromatic rings. The summed E-state index contributed by atoms with van der Waals surface area (Å²) in [6, 6.07) is 10.7. The summed E-state index contributed by atoms with van der Waals surface area (Å²) in [4.78, 5) is 22.0. The number of anilines is 1. The monoisotopic (exact) mass is 375 g/mol. The predicted octanol–water partition coefficient (Wildman–Crippen LogP) is 4.64. The van der Waals surface area contributed by atoms with E-state index in [0.717, 1.165) is 5.56 Å². The number of halogens is 2. The molecule has 7 heteroatoms. The molecule has 0 aliphatic heterocycles. The molecule has 0 saturated carbocycles. The molecule has 128 valence electrons. The average Bonchev–Trinajstić information content (AvgIpc) is 3.09. The largest absolute Gasteiger partial charge is 0.441 e. The summed E-state index contributed by atoms with van der Waals surface area (Å²) in [6.07, 6.45) is 3.90. The quantitative estimate of drug-likeness (QED) is 0.609. The van der Waals surface area contributed by atoms with Crippen molar-refractivity contribution in [2.24, 2.45) is 0 Å². The Morgan fingerprint density at radius 3 is 2.52 bits per heavy atom. The van der Waals surface area contributed by atoms with E-state index in [-0.39, 0.29) is 12.3 Å². The zero-order valence-electron chi connectivity index (χ0n) is 13.4. The first-order chi connectivity index (χ1) is 12.0. The molecule has 0 atom stereocenters. The molecule has 1 aromatic carbocycles. The summed E-state index contributed by atoms with van der Waals surface area (Å²) < 4.78 is 5.71. The van der Waals surface area contributed by atoms with Gasteiger partial charge in [-0.05, 0) is 36.4 Å². The second kappa shape index (κ2) is 7.68. The number of pyridine rings is 1. The molecule has 0 bridgehead atoms. The van der Waals surface area contributed by atoms with Crippen molar-refractivity contribution in [3.8, 4) is 11.3 Å². The number of carbonyl (C=O) groups excluding carboxylic acids is 1. The zero-order valence-corrected chi connectivity index (χ0v) is 15.0. The van der Waals surface area contributed by atoms with Crippen LogP contribution in [0.25, 0.3) is 11.3 Å². The van der Waals surface area contributed by atoms with Crippen LogP contribution >= 0.6 is 23.2 Å². The SMILES string of the molecule is CN(C(=O)CCc1ncc(-c2ccc(Cl)cc2)o1)c1ccc(Cl)nc1. The van der Waals surface area contributed by atoms with Gasteiger partial charge in [0.15, 0.2) is 11.7 Å². The minimum Gasteiger partial charge on any atom is -0.441 e. The maximum atomic E-state index is 12.3. The number of aromatic nitrogens is 2. The van der Waals surface area contributed by atoms with Crippen molar-refractivity contribution in [2.45, 2.75) is 12.8 Å². The fourth-order valence-electron chi connectivity index (χ4n) is 2.27. The van der Waals surface area contributed by atoms with E-state index in [0.29, 0.717) is 33.9 Å². The molecule has 0 saturated heterocycles. The predicted molar refractivity (Wildman–Crippen MR) is 97.9 cm³/mol. The van der Waals surface area contributed by atoms with E-state index in [9.17, 15) is 4.79 Å². The molecule has 0 aliphatic rings. The van der Waals surface area contributed by atoms with E-state index in [1.165, 1.54) is 4.90 Å². The molecule has 0 aliphatic carbocycles. The van der Waals surface area contributed by atoms with Crippen LogP contribution in [0.1, 0.15) is 12.3 Å². The Morgan fingerprint density at radius 1 is 1.08 bits per heavy atom. The first kappa shape index (κ1) is 17.5. The summed E-state index contributed by atoms with van der Waals surface area (Å²) in [7, 11) is 1.70. The first-order valence-corrected chi connectivity index (χ1v) is 8.37. The van der Waals surface area contributed by atoms with Crippen LogP contribution < -0.4 is 4.90 Å². The van der Waals surface area contributed by atoms with Crippen molar-refractivity contribution in [3.05, 3.63) is 64.9 Å². The standard InChI is InChI=1S/C18H15Cl2N3O2/c1-23(14-6-7-16(20)21-10-14)18(24)9-8-17-22-11-15(25-17)12-2-4-13(19)5-3-12/h2-7,10-11H,8-9H2,1H3. The van der Waals surface area contributed by atoms with Crippen molar-refractivity contribution >= 4 is 34.8 Å². The molecule has 0 spiro atoms. The number of hydrogen-bond acceptors (Lipinski definition) is 4. The Bertz CT molecular complexity index is 861. The number of aryl methyl sites for hydroxylation is 1. The number of rotatable bonds is 5. The molecule has 5 nitrogen and oxygen atoms in total. The number of oxazole rings is 1. The van der Waals surface area contributed by atoms with Crippen molar-refractivity contribution in [1.82, 2.24) is 9.97 Å². The molecule has 25 heavy (non-hydrogen) atoms. The van der Waals surface area contributed by atoms with Crippen LogP contribution in [0.4, 0.5) is 5.69 Å². The Labute approximate surface area is 155 Å². The van der Waals surface area contributed by atoms with E-state index in [1.54, 1.807) is 43.7 Å². The van der Waals surface area contributed by atoms with Gasteiger partial charge in [-0.15, -0.1) is 0 Å². The zero-order chi connectivity index (χ0) is 17.8. The van der Waals surface area contributed by atoms with Crippen LogP contribution in [-0.4, -0.2) is 22.9 Å². The van der Waals surface area contributed by atoms with E-state index >= 15 is 0 Å². The van der Waals surface area contributed by atoms with Gasteiger partial charge in [-0.25, -0.2) is 9.97 Å². The number of hydrogen-bond donors (Lipinski definition) is 0. The Morgan fingerprint density at radius 2 is 1.84 bits per heavy atom. The average molecular weight is 376 g/mol. The third-order valence-corrected chi connectivity index (χ3v) is 4.18. The minimum atomic E-state index is -0.0598. The topological polar surface area (TPSA) is 59.2 Å². The van der Waals surface area contributed by atoms with Crippen LogP contribution in [0.15, 0.2) is 53.2 Å². The summed E-state index contributed by atoms with van der Waals surface area (Å²) in [5.74, 6) is 1.10. The lowest BCUT2D eigenvalue weighted by molar-refractivity contribution is -0.118. The highest BCUT2D eigenvalue weighted by molar-refractivity contribution is 6.30. The highest BCUT2D eigenvalue weighted by Gasteiger charge is 2.14. The summed E-state index contributed by atoms with van der Waals surface area (Å²) in [5, 5.41) is 1.05. The van der Waals surface area contributed by atoms with Gasteiger partial charge in [-0.2, -0.15) is 0 Å². The van der Waals surface area contributed by atoms with Gasteiger partial charge < -0.3 is 9.32 Å². The Balaban J connectivity index is 1.60. The second-order valence-electron chi connectivity index (χ2n) is 5.42. The van der Waals surface area contributed by atoms with Gasteiger partial charge >= 0.3 is 0 Å². The Hall–Kier alpha value is -2.37. The van der Waals surface area contributed by atoms with Gasteiger partial charge in [0.1, 0.15) is 5.15 Å². The highest BCUT2D eigenvalue weighted by Crippen LogP contribution is 2.23. The highest BCUT2D eigenvalue weighted by atomic mass is 35.5. The molecule has 1 amide bonds. The number of benzene rings is 1. The van der Waals surface area contributed by atoms with Crippen LogP contribution in [-0.2, 0) is 11.2 Å². The van der Waals surface area contributed by atoms with Crippen LogP contribution in [0.2, 0.25) is 10.2 Å². The van der Waals surface area contributed by atoms with Crippen LogP contribution in [0, 0.1) is 0 Å². The molecule has 2 aromatic heterocycles. The Kier molecular flexibility index (Phi) is 5.36. The summed E-state index contributed by atoms with van der Waals surface area (Å²) >= 11 is 11.6. The van der Waals surface area contributed by atoms with Crippen LogP contribution in [0.3, 0.4) is 0 Å². The van der Waals surface area contributed by atoms with Crippen molar-refractivity contribution in [3.63, 3.8) is 0 Å². The van der Waals surface area contributed by atoms with Gasteiger partial charge in [0.25, 0.3) is 0 Å². The summed E-state index contributed by atoms with van der Waals surface area (Å²) in [6.45, 7) is 0. The van der Waals surface area contributed by atoms with Crippen molar-refractivity contribution in [2.75, 3.05) is 11.9 Å². The van der Waals surface area contributed by atoms with Gasteiger partial charge in [0, 0.05) is 30.5 Å². The van der Waals surface area contributed by atoms with E-state index < -0.39 is 0 Å². The number of carbonyl (C=O) groups is 1. The molecule has 0 unspecified atom stereocenters. The van der Waals surface area contributed by atoms with Crippen molar-refractivity contribution < 1.29 is 9.21 Å². The molecule has 3 rings (SSSR count). The van der Waals surface area contributed by atoms with E-state index in [4.69, 9.17) is 27.6 Å². The minimum absolute atomic E-state index is 0.0598. The molecular weight excluding hydrogens is 361 g/mol. The molecule has 0 N–H and O–H groups in total. The number of nitrogens with zero attached hydrogens (tertiary/aromatic N) is 3. The van der Waals surface area contributed by atoms with Gasteiger partial charge in [-0.3, -0.25) is 4.79 Å². The molecular formula is C18H15Cl2N3O2. The van der Waals surface area contributed by atoms with Gasteiger partial charge in [0.2, 0.25) is 5.91 Å². The smallest absolute Gasteiger partial charge is 0.227 e. The third kappa shape index (κ3) is 4.38. The lowest BCUT2D eigenvalue weighted by atomic mass is 10.2. The van der Waals surface area contributed by atoms with Gasteiger partial charge in [0.05, 0.1) is 18.1 Å². The van der Waals surface area contributed by atoms with Crippen LogP contribution in [0.5, 0.6) is 0 Å². The maximum absolute atomic E-state index is 12.3. The van der Waals surface area contributed by atoms with Gasteiger partial charge in [-0.1, -0.05) is 23.2 Å².